The maximum absolute atomic E-state index is 13.1. The van der Waals surface area contributed by atoms with Gasteiger partial charge in [-0.25, -0.2) is 4.79 Å². The number of piperazine rings is 1. The molecule has 1 fully saturated rings. The number of ether oxygens (including phenoxy) is 1. The summed E-state index contributed by atoms with van der Waals surface area (Å²) in [5.74, 6) is -0.433. The second-order valence-electron chi connectivity index (χ2n) is 6.30. The van der Waals surface area contributed by atoms with Gasteiger partial charge in [-0.2, -0.15) is 5.10 Å². The molecule has 7 heteroatoms. The van der Waals surface area contributed by atoms with Crippen LogP contribution >= 0.6 is 0 Å². The average Bonchev–Trinajstić information content (AvgIpc) is 3.08. The number of carbonyl (C=O) groups excluding carboxylic acids is 2. The number of benzene rings is 1. The molecule has 134 valence electrons. The highest BCUT2D eigenvalue weighted by molar-refractivity contribution is 6.38. The van der Waals surface area contributed by atoms with Crippen LogP contribution in [0.5, 0.6) is 0 Å². The van der Waals surface area contributed by atoms with E-state index in [1.54, 1.807) is 11.9 Å². The van der Waals surface area contributed by atoms with E-state index in [9.17, 15) is 9.59 Å². The van der Waals surface area contributed by atoms with Crippen molar-refractivity contribution in [2.75, 3.05) is 44.8 Å². The third-order valence-electron chi connectivity index (χ3n) is 4.54. The van der Waals surface area contributed by atoms with E-state index < -0.39 is 12.0 Å². The number of likely N-dealkylation sites (N-methyl/N-ethyl adjacent to an activating group) is 1. The molecule has 1 aromatic rings. The Bertz CT molecular complexity index is 654. The van der Waals surface area contributed by atoms with Crippen LogP contribution in [0.4, 0.5) is 5.69 Å². The van der Waals surface area contributed by atoms with Gasteiger partial charge in [0.1, 0.15) is 11.8 Å². The highest BCUT2D eigenvalue weighted by Crippen LogP contribution is 2.26. The molecule has 1 unspecified atom stereocenters. The largest absolute Gasteiger partial charge is 0.461 e. The molecule has 0 spiro atoms. The van der Waals surface area contributed by atoms with Gasteiger partial charge in [0.2, 0.25) is 5.91 Å². The van der Waals surface area contributed by atoms with Crippen molar-refractivity contribution in [1.82, 2.24) is 9.80 Å². The van der Waals surface area contributed by atoms with Crippen molar-refractivity contribution in [3.05, 3.63) is 30.3 Å². The van der Waals surface area contributed by atoms with Gasteiger partial charge in [-0.1, -0.05) is 18.2 Å². The van der Waals surface area contributed by atoms with Crippen LogP contribution in [0.25, 0.3) is 0 Å². The van der Waals surface area contributed by atoms with Gasteiger partial charge in [-0.3, -0.25) is 9.80 Å². The Morgan fingerprint density at radius 2 is 1.84 bits per heavy atom. The molecule has 0 bridgehead atoms. The van der Waals surface area contributed by atoms with Crippen LogP contribution in [-0.2, 0) is 14.3 Å². The summed E-state index contributed by atoms with van der Waals surface area (Å²) in [5.41, 5.74) is 1.10. The lowest BCUT2D eigenvalue weighted by atomic mass is 10.1. The van der Waals surface area contributed by atoms with E-state index in [0.29, 0.717) is 25.4 Å². The van der Waals surface area contributed by atoms with Gasteiger partial charge >= 0.3 is 5.97 Å². The molecule has 1 aromatic carbocycles. The Hall–Kier alpha value is -2.41. The standard InChI is InChI=1S/C18H24N4O3/c1-3-25-18(24)15-13-16(17(23)21-11-9-20(2)10-12-21)22(19-15)14-7-5-4-6-8-14/h4-8,16H,3,9-13H2,1-2H3. The number of carbonyl (C=O) groups is 2. The highest BCUT2D eigenvalue weighted by Gasteiger charge is 2.39. The number of para-hydroxylation sites is 1. The molecule has 1 saturated heterocycles. The molecule has 1 atom stereocenters. The van der Waals surface area contributed by atoms with E-state index in [4.69, 9.17) is 4.74 Å². The van der Waals surface area contributed by atoms with Crippen LogP contribution in [-0.4, -0.2) is 73.3 Å². The fraction of sp³-hybridized carbons (Fsp3) is 0.500. The Balaban J connectivity index is 1.81. The number of hydrogen-bond donors (Lipinski definition) is 0. The van der Waals surface area contributed by atoms with Crippen LogP contribution in [0.3, 0.4) is 0 Å². The Labute approximate surface area is 147 Å². The van der Waals surface area contributed by atoms with Crippen molar-refractivity contribution in [3.63, 3.8) is 0 Å². The summed E-state index contributed by atoms with van der Waals surface area (Å²) < 4.78 is 5.07. The normalized spacial score (nSPS) is 21.2. The number of amides is 1. The molecule has 0 aromatic heterocycles. The topological polar surface area (TPSA) is 65.5 Å². The molecule has 7 nitrogen and oxygen atoms in total. The zero-order valence-electron chi connectivity index (χ0n) is 14.7. The number of anilines is 1. The van der Waals surface area contributed by atoms with Gasteiger partial charge in [0.05, 0.1) is 12.3 Å². The molecule has 2 aliphatic rings. The van der Waals surface area contributed by atoms with Gasteiger partial charge in [-0.15, -0.1) is 0 Å². The molecular weight excluding hydrogens is 320 g/mol. The van der Waals surface area contributed by atoms with Crippen molar-refractivity contribution in [1.29, 1.82) is 0 Å². The van der Waals surface area contributed by atoms with Crippen LogP contribution in [0.2, 0.25) is 0 Å². The van der Waals surface area contributed by atoms with Crippen molar-refractivity contribution in [2.45, 2.75) is 19.4 Å². The van der Waals surface area contributed by atoms with Gasteiger partial charge in [0.15, 0.2) is 0 Å². The molecular formula is C18H24N4O3. The summed E-state index contributed by atoms with van der Waals surface area (Å²) >= 11 is 0. The third kappa shape index (κ3) is 3.82. The Morgan fingerprint density at radius 3 is 2.48 bits per heavy atom. The number of nitrogens with zero attached hydrogens (tertiary/aromatic N) is 4. The summed E-state index contributed by atoms with van der Waals surface area (Å²) in [7, 11) is 2.05. The average molecular weight is 344 g/mol. The second kappa shape index (κ2) is 7.65. The van der Waals surface area contributed by atoms with Crippen molar-refractivity contribution in [2.24, 2.45) is 5.10 Å². The van der Waals surface area contributed by atoms with E-state index in [-0.39, 0.29) is 12.3 Å². The predicted octanol–water partition coefficient (Wildman–Crippen LogP) is 0.958. The fourth-order valence-electron chi connectivity index (χ4n) is 3.10. The summed E-state index contributed by atoms with van der Waals surface area (Å²) in [4.78, 5) is 29.2. The maximum Gasteiger partial charge on any atom is 0.354 e. The van der Waals surface area contributed by atoms with E-state index >= 15 is 0 Å². The lowest BCUT2D eigenvalue weighted by Gasteiger charge is -2.35. The van der Waals surface area contributed by atoms with E-state index in [1.165, 1.54) is 0 Å². The van der Waals surface area contributed by atoms with Crippen molar-refractivity contribution in [3.8, 4) is 0 Å². The predicted molar refractivity (Wildman–Crippen MR) is 95.5 cm³/mol. The van der Waals surface area contributed by atoms with Gasteiger partial charge in [0.25, 0.3) is 0 Å². The van der Waals surface area contributed by atoms with E-state index in [1.807, 2.05) is 35.2 Å². The lowest BCUT2D eigenvalue weighted by Crippen LogP contribution is -2.52. The minimum Gasteiger partial charge on any atom is -0.461 e. The van der Waals surface area contributed by atoms with Crippen LogP contribution < -0.4 is 5.01 Å². The number of rotatable bonds is 4. The van der Waals surface area contributed by atoms with Gasteiger partial charge in [-0.05, 0) is 26.1 Å². The Kier molecular flexibility index (Phi) is 5.33. The summed E-state index contributed by atoms with van der Waals surface area (Å²) in [6, 6.07) is 8.98. The fourth-order valence-corrected chi connectivity index (χ4v) is 3.10. The first kappa shape index (κ1) is 17.4. The first-order valence-electron chi connectivity index (χ1n) is 8.66. The molecule has 1 amide bonds. The molecule has 2 aliphatic heterocycles. The van der Waals surface area contributed by atoms with Crippen molar-refractivity contribution >= 4 is 23.3 Å². The van der Waals surface area contributed by atoms with E-state index in [2.05, 4.69) is 17.0 Å². The number of hydrazone groups is 1. The highest BCUT2D eigenvalue weighted by atomic mass is 16.5. The molecule has 0 aliphatic carbocycles. The monoisotopic (exact) mass is 344 g/mol. The summed E-state index contributed by atoms with van der Waals surface area (Å²) in [6.07, 6.45) is 0.277. The molecule has 0 N–H and O–H groups in total. The van der Waals surface area contributed by atoms with Crippen molar-refractivity contribution < 1.29 is 14.3 Å². The Morgan fingerprint density at radius 1 is 1.16 bits per heavy atom. The zero-order chi connectivity index (χ0) is 17.8. The number of esters is 1. The maximum atomic E-state index is 13.1. The smallest absolute Gasteiger partial charge is 0.354 e. The first-order valence-corrected chi connectivity index (χ1v) is 8.66. The minimum atomic E-state index is -0.495. The molecule has 3 rings (SSSR count). The molecule has 25 heavy (non-hydrogen) atoms. The second-order valence-corrected chi connectivity index (χ2v) is 6.30. The van der Waals surface area contributed by atoms with Crippen LogP contribution in [0.1, 0.15) is 13.3 Å². The number of hydrogen-bond acceptors (Lipinski definition) is 6. The first-order chi connectivity index (χ1) is 12.1. The minimum absolute atomic E-state index is 0.0139. The SMILES string of the molecule is CCOC(=O)C1=NN(c2ccccc2)C(C(=O)N2CCN(C)CC2)C1. The molecule has 0 radical (unpaired) electrons. The lowest BCUT2D eigenvalue weighted by molar-refractivity contribution is -0.135. The van der Waals surface area contributed by atoms with Gasteiger partial charge < -0.3 is 14.5 Å². The van der Waals surface area contributed by atoms with E-state index in [0.717, 1.165) is 18.8 Å². The molecule has 2 heterocycles. The van der Waals surface area contributed by atoms with Crippen LogP contribution in [0, 0.1) is 0 Å². The van der Waals surface area contributed by atoms with Crippen LogP contribution in [0.15, 0.2) is 35.4 Å². The zero-order valence-corrected chi connectivity index (χ0v) is 14.7. The summed E-state index contributed by atoms with van der Waals surface area (Å²) in [6.45, 7) is 5.16. The quantitative estimate of drug-likeness (QED) is 0.761. The molecule has 0 saturated carbocycles. The van der Waals surface area contributed by atoms with Gasteiger partial charge in [0, 0.05) is 32.6 Å². The third-order valence-corrected chi connectivity index (χ3v) is 4.54. The summed E-state index contributed by atoms with van der Waals surface area (Å²) in [5, 5.41) is 6.07.